The lowest BCUT2D eigenvalue weighted by atomic mass is 10.2. The standard InChI is InChI=1S/C9H8N2O3/c1-14-9(13)6-2-3-7-10-8(12)5-11(7)4-6/h2-4H,5H2,1H3. The van der Waals surface area contributed by atoms with Crippen molar-refractivity contribution in [2.45, 2.75) is 0 Å². The predicted octanol–water partition coefficient (Wildman–Crippen LogP) is -0.146. The Balaban J connectivity index is 2.25. The molecule has 1 amide bonds. The van der Waals surface area contributed by atoms with E-state index in [0.717, 1.165) is 0 Å². The summed E-state index contributed by atoms with van der Waals surface area (Å²) in [6.07, 6.45) is 4.77. The van der Waals surface area contributed by atoms with Gasteiger partial charge in [-0.15, -0.1) is 0 Å². The van der Waals surface area contributed by atoms with Gasteiger partial charge in [-0.05, 0) is 12.2 Å². The number of amides is 1. The summed E-state index contributed by atoms with van der Waals surface area (Å²) in [6, 6.07) is 0. The number of fused-ring (bicyclic) bond motifs is 1. The van der Waals surface area contributed by atoms with Gasteiger partial charge in [0, 0.05) is 6.20 Å². The second kappa shape index (κ2) is 3.10. The molecule has 5 nitrogen and oxygen atoms in total. The summed E-state index contributed by atoms with van der Waals surface area (Å²) in [5.74, 6) is -0.0469. The molecule has 2 aliphatic heterocycles. The van der Waals surface area contributed by atoms with Crippen LogP contribution in [0, 0.1) is 0 Å². The number of hydrogen-bond donors (Lipinski definition) is 0. The van der Waals surface area contributed by atoms with E-state index in [4.69, 9.17) is 0 Å². The van der Waals surface area contributed by atoms with E-state index in [0.29, 0.717) is 11.4 Å². The fourth-order valence-electron chi connectivity index (χ4n) is 1.31. The summed E-state index contributed by atoms with van der Waals surface area (Å²) in [5, 5.41) is 0. The highest BCUT2D eigenvalue weighted by atomic mass is 16.5. The summed E-state index contributed by atoms with van der Waals surface area (Å²) in [6.45, 7) is 0.195. The van der Waals surface area contributed by atoms with Gasteiger partial charge < -0.3 is 9.64 Å². The minimum Gasteiger partial charge on any atom is -0.465 e. The summed E-state index contributed by atoms with van der Waals surface area (Å²) in [7, 11) is 1.32. The number of carbonyl (C=O) groups is 2. The normalized spacial score (nSPS) is 18.9. The zero-order chi connectivity index (χ0) is 10.1. The van der Waals surface area contributed by atoms with Gasteiger partial charge >= 0.3 is 5.97 Å². The largest absolute Gasteiger partial charge is 0.465 e. The molecule has 0 aromatic carbocycles. The molecular formula is C9H8N2O3. The van der Waals surface area contributed by atoms with Crippen LogP contribution in [-0.4, -0.2) is 36.3 Å². The SMILES string of the molecule is COC(=O)C1=CN2CC(=O)N=C2C=C1. The summed E-state index contributed by atoms with van der Waals surface area (Å²) in [5.41, 5.74) is 0.418. The van der Waals surface area contributed by atoms with Crippen LogP contribution in [0.5, 0.6) is 0 Å². The Labute approximate surface area is 80.4 Å². The number of hydrogen-bond acceptors (Lipinski definition) is 4. The highest BCUT2D eigenvalue weighted by Crippen LogP contribution is 2.14. The molecule has 5 heteroatoms. The molecule has 0 radical (unpaired) electrons. The molecule has 0 unspecified atom stereocenters. The number of ether oxygens (including phenoxy) is 1. The molecule has 2 rings (SSSR count). The van der Waals surface area contributed by atoms with E-state index in [1.54, 1.807) is 23.3 Å². The van der Waals surface area contributed by atoms with Crippen molar-refractivity contribution in [3.63, 3.8) is 0 Å². The third-order valence-electron chi connectivity index (χ3n) is 1.97. The first-order valence-corrected chi connectivity index (χ1v) is 4.07. The monoisotopic (exact) mass is 192 g/mol. The van der Waals surface area contributed by atoms with Gasteiger partial charge in [0.1, 0.15) is 12.4 Å². The molecule has 0 fully saturated rings. The Morgan fingerprint density at radius 1 is 1.57 bits per heavy atom. The average molecular weight is 192 g/mol. The molecular weight excluding hydrogens is 184 g/mol. The van der Waals surface area contributed by atoms with Crippen LogP contribution in [-0.2, 0) is 14.3 Å². The summed E-state index contributed by atoms with van der Waals surface area (Å²) >= 11 is 0. The van der Waals surface area contributed by atoms with Crippen molar-refractivity contribution in [2.24, 2.45) is 4.99 Å². The van der Waals surface area contributed by atoms with Crippen LogP contribution in [0.2, 0.25) is 0 Å². The molecule has 0 spiro atoms. The topological polar surface area (TPSA) is 59.0 Å². The fraction of sp³-hybridized carbons (Fsp3) is 0.222. The Hall–Kier alpha value is -1.91. The molecule has 0 saturated carbocycles. The van der Waals surface area contributed by atoms with Gasteiger partial charge in [0.05, 0.1) is 12.7 Å². The molecule has 72 valence electrons. The van der Waals surface area contributed by atoms with Gasteiger partial charge in [0.15, 0.2) is 0 Å². The zero-order valence-electron chi connectivity index (χ0n) is 7.56. The number of rotatable bonds is 1. The maximum absolute atomic E-state index is 11.1. The second-order valence-corrected chi connectivity index (χ2v) is 2.90. The van der Waals surface area contributed by atoms with E-state index in [1.165, 1.54) is 7.11 Å². The third kappa shape index (κ3) is 1.32. The molecule has 0 aromatic rings. The van der Waals surface area contributed by atoms with Crippen molar-refractivity contribution >= 4 is 17.7 Å². The van der Waals surface area contributed by atoms with Crippen LogP contribution in [0.4, 0.5) is 0 Å². The van der Waals surface area contributed by atoms with E-state index in [-0.39, 0.29) is 12.5 Å². The van der Waals surface area contributed by atoms with E-state index < -0.39 is 5.97 Å². The minimum absolute atomic E-state index is 0.195. The van der Waals surface area contributed by atoms with Crippen molar-refractivity contribution in [3.8, 4) is 0 Å². The van der Waals surface area contributed by atoms with Crippen molar-refractivity contribution in [2.75, 3.05) is 13.7 Å². The molecule has 0 atom stereocenters. The Bertz CT molecular complexity index is 393. The maximum atomic E-state index is 11.1. The quantitative estimate of drug-likeness (QED) is 0.542. The maximum Gasteiger partial charge on any atom is 0.339 e. The summed E-state index contributed by atoms with van der Waals surface area (Å²) < 4.78 is 4.56. The van der Waals surface area contributed by atoms with Crippen LogP contribution in [0.25, 0.3) is 0 Å². The van der Waals surface area contributed by atoms with Crippen molar-refractivity contribution < 1.29 is 14.3 Å². The molecule has 2 heterocycles. The number of carbonyl (C=O) groups excluding carboxylic acids is 2. The highest BCUT2D eigenvalue weighted by Gasteiger charge is 2.24. The first-order valence-electron chi connectivity index (χ1n) is 4.07. The van der Waals surface area contributed by atoms with Crippen LogP contribution in [0.1, 0.15) is 0 Å². The number of esters is 1. The molecule has 0 aliphatic carbocycles. The van der Waals surface area contributed by atoms with E-state index in [1.807, 2.05) is 0 Å². The lowest BCUT2D eigenvalue weighted by molar-refractivity contribution is -0.135. The highest BCUT2D eigenvalue weighted by molar-refractivity contribution is 6.10. The Morgan fingerprint density at radius 3 is 3.07 bits per heavy atom. The average Bonchev–Trinajstić information content (AvgIpc) is 2.55. The van der Waals surface area contributed by atoms with Crippen LogP contribution < -0.4 is 0 Å². The summed E-state index contributed by atoms with van der Waals surface area (Å²) in [4.78, 5) is 27.5. The smallest absolute Gasteiger partial charge is 0.339 e. The van der Waals surface area contributed by atoms with Crippen LogP contribution >= 0.6 is 0 Å². The lowest BCUT2D eigenvalue weighted by Crippen LogP contribution is -2.25. The minimum atomic E-state index is -0.417. The number of amidine groups is 1. The Morgan fingerprint density at radius 2 is 2.36 bits per heavy atom. The van der Waals surface area contributed by atoms with Crippen molar-refractivity contribution in [3.05, 3.63) is 23.9 Å². The van der Waals surface area contributed by atoms with E-state index in [2.05, 4.69) is 9.73 Å². The lowest BCUT2D eigenvalue weighted by Gasteiger charge is -2.16. The third-order valence-corrected chi connectivity index (χ3v) is 1.97. The molecule has 0 bridgehead atoms. The van der Waals surface area contributed by atoms with Gasteiger partial charge in [-0.1, -0.05) is 0 Å². The van der Waals surface area contributed by atoms with E-state index in [9.17, 15) is 9.59 Å². The van der Waals surface area contributed by atoms with Crippen molar-refractivity contribution in [1.82, 2.24) is 4.90 Å². The number of nitrogens with zero attached hydrogens (tertiary/aromatic N) is 2. The number of methoxy groups -OCH3 is 1. The van der Waals surface area contributed by atoms with E-state index >= 15 is 0 Å². The molecule has 0 saturated heterocycles. The van der Waals surface area contributed by atoms with Gasteiger partial charge in [-0.2, -0.15) is 4.99 Å². The number of aliphatic imine (C=N–C) groups is 1. The predicted molar refractivity (Wildman–Crippen MR) is 48.4 cm³/mol. The molecule has 0 N–H and O–H groups in total. The van der Waals surface area contributed by atoms with Crippen LogP contribution in [0.15, 0.2) is 28.9 Å². The van der Waals surface area contributed by atoms with Gasteiger partial charge in [-0.25, -0.2) is 4.79 Å². The first kappa shape index (κ1) is 8.68. The van der Waals surface area contributed by atoms with Crippen molar-refractivity contribution in [1.29, 1.82) is 0 Å². The van der Waals surface area contributed by atoms with Gasteiger partial charge in [0.2, 0.25) is 0 Å². The zero-order valence-corrected chi connectivity index (χ0v) is 7.56. The first-order chi connectivity index (χ1) is 6.70. The van der Waals surface area contributed by atoms with Gasteiger partial charge in [0.25, 0.3) is 5.91 Å². The Kier molecular flexibility index (Phi) is 1.92. The molecule has 14 heavy (non-hydrogen) atoms. The fourth-order valence-corrected chi connectivity index (χ4v) is 1.31. The van der Waals surface area contributed by atoms with Crippen LogP contribution in [0.3, 0.4) is 0 Å². The van der Waals surface area contributed by atoms with Gasteiger partial charge in [-0.3, -0.25) is 4.79 Å². The second-order valence-electron chi connectivity index (χ2n) is 2.90. The molecule has 0 aromatic heterocycles. The molecule has 2 aliphatic rings.